The highest BCUT2D eigenvalue weighted by atomic mass is 32.2. The van der Waals surface area contributed by atoms with E-state index in [1.807, 2.05) is 0 Å². The molecular weight excluding hydrogens is 216 g/mol. The number of H-pyrrole nitrogens is 1. The van der Waals surface area contributed by atoms with Crippen molar-refractivity contribution in [2.75, 3.05) is 29.1 Å². The number of hydrogen-bond donors (Lipinski definition) is 3. The van der Waals surface area contributed by atoms with Crippen LogP contribution in [0, 0.1) is 5.92 Å². The van der Waals surface area contributed by atoms with Gasteiger partial charge < -0.3 is 11.1 Å². The van der Waals surface area contributed by atoms with Gasteiger partial charge in [-0.2, -0.15) is 5.10 Å². The summed E-state index contributed by atoms with van der Waals surface area (Å²) in [5, 5.41) is 9.46. The number of nitrogens with two attached hydrogens (primary N) is 1. The summed E-state index contributed by atoms with van der Waals surface area (Å²) in [7, 11) is -2.79. The lowest BCUT2D eigenvalue weighted by molar-refractivity contribution is 0.596. The Hall–Kier alpha value is -1.24. The van der Waals surface area contributed by atoms with Crippen molar-refractivity contribution in [2.24, 2.45) is 5.92 Å². The molecule has 7 heteroatoms. The number of nitrogens with one attached hydrogen (secondary N) is 2. The standard InChI is InChI=1S/C8H14N4O2S/c9-8-7(4-11-12-8)10-3-6-1-2-15(13,14)5-6/h4,6,10H,1-3,5H2,(H3,9,11,12). The molecule has 0 spiro atoms. The van der Waals surface area contributed by atoms with Crippen LogP contribution in [0.15, 0.2) is 6.20 Å². The second-order valence-electron chi connectivity index (χ2n) is 3.85. The molecule has 2 heterocycles. The average Bonchev–Trinajstić information content (AvgIpc) is 2.69. The van der Waals surface area contributed by atoms with Crippen molar-refractivity contribution in [3.63, 3.8) is 0 Å². The summed E-state index contributed by atoms with van der Waals surface area (Å²) in [4.78, 5) is 0. The van der Waals surface area contributed by atoms with E-state index in [1.165, 1.54) is 0 Å². The first kappa shape index (κ1) is 10.3. The van der Waals surface area contributed by atoms with E-state index in [4.69, 9.17) is 5.73 Å². The number of sulfone groups is 1. The van der Waals surface area contributed by atoms with Gasteiger partial charge in [-0.15, -0.1) is 0 Å². The number of hydrogen-bond acceptors (Lipinski definition) is 5. The maximum Gasteiger partial charge on any atom is 0.150 e. The number of anilines is 2. The molecule has 0 aliphatic carbocycles. The van der Waals surface area contributed by atoms with Crippen LogP contribution in [-0.2, 0) is 9.84 Å². The van der Waals surface area contributed by atoms with E-state index < -0.39 is 9.84 Å². The summed E-state index contributed by atoms with van der Waals surface area (Å²) in [5.74, 6) is 1.25. The minimum Gasteiger partial charge on any atom is -0.382 e. The molecule has 1 atom stereocenters. The van der Waals surface area contributed by atoms with Crippen LogP contribution in [0.3, 0.4) is 0 Å². The third-order valence-corrected chi connectivity index (χ3v) is 4.41. The van der Waals surface area contributed by atoms with Crippen LogP contribution in [0.5, 0.6) is 0 Å². The molecule has 4 N–H and O–H groups in total. The van der Waals surface area contributed by atoms with Gasteiger partial charge in [0, 0.05) is 6.54 Å². The van der Waals surface area contributed by atoms with Crippen molar-refractivity contribution < 1.29 is 8.42 Å². The molecular formula is C8H14N4O2S. The minimum absolute atomic E-state index is 0.185. The molecule has 0 radical (unpaired) electrons. The highest BCUT2D eigenvalue weighted by Crippen LogP contribution is 2.20. The van der Waals surface area contributed by atoms with Crippen molar-refractivity contribution in [2.45, 2.75) is 6.42 Å². The molecule has 0 bridgehead atoms. The molecule has 1 aliphatic rings. The Morgan fingerprint density at radius 1 is 1.67 bits per heavy atom. The maximum absolute atomic E-state index is 11.2. The third kappa shape index (κ3) is 2.41. The number of rotatable bonds is 3. The van der Waals surface area contributed by atoms with Gasteiger partial charge in [-0.3, -0.25) is 5.10 Å². The molecule has 84 valence electrons. The van der Waals surface area contributed by atoms with Crippen LogP contribution < -0.4 is 11.1 Å². The predicted octanol–water partition coefficient (Wildman–Crippen LogP) is -0.162. The van der Waals surface area contributed by atoms with Crippen molar-refractivity contribution in [3.8, 4) is 0 Å². The average molecular weight is 230 g/mol. The molecule has 1 aromatic heterocycles. The molecule has 1 unspecified atom stereocenters. The third-order valence-electron chi connectivity index (χ3n) is 2.58. The monoisotopic (exact) mass is 230 g/mol. The van der Waals surface area contributed by atoms with Gasteiger partial charge in [0.25, 0.3) is 0 Å². The second kappa shape index (κ2) is 3.73. The molecule has 1 fully saturated rings. The van der Waals surface area contributed by atoms with Gasteiger partial charge in [0.15, 0.2) is 9.84 Å². The second-order valence-corrected chi connectivity index (χ2v) is 6.08. The van der Waals surface area contributed by atoms with Gasteiger partial charge in [-0.1, -0.05) is 0 Å². The number of aromatic amines is 1. The van der Waals surface area contributed by atoms with Crippen molar-refractivity contribution in [1.82, 2.24) is 10.2 Å². The Bertz CT molecular complexity index is 439. The fourth-order valence-electron chi connectivity index (χ4n) is 1.72. The van der Waals surface area contributed by atoms with Gasteiger partial charge >= 0.3 is 0 Å². The van der Waals surface area contributed by atoms with E-state index in [9.17, 15) is 8.42 Å². The van der Waals surface area contributed by atoms with E-state index in [1.54, 1.807) is 6.20 Å². The summed E-state index contributed by atoms with van der Waals surface area (Å²) in [5.41, 5.74) is 6.32. The lowest BCUT2D eigenvalue weighted by Gasteiger charge is -2.09. The van der Waals surface area contributed by atoms with Crippen LogP contribution >= 0.6 is 0 Å². The first-order valence-electron chi connectivity index (χ1n) is 4.80. The van der Waals surface area contributed by atoms with E-state index >= 15 is 0 Å². The Labute approximate surface area is 88.2 Å². The molecule has 1 aliphatic heterocycles. The first-order valence-corrected chi connectivity index (χ1v) is 6.62. The van der Waals surface area contributed by atoms with Gasteiger partial charge in [0.05, 0.1) is 23.4 Å². The van der Waals surface area contributed by atoms with E-state index in [0.29, 0.717) is 18.1 Å². The van der Waals surface area contributed by atoms with Gasteiger partial charge in [-0.25, -0.2) is 8.42 Å². The fourth-order valence-corrected chi connectivity index (χ4v) is 3.59. The van der Waals surface area contributed by atoms with Crippen LogP contribution in [0.2, 0.25) is 0 Å². The number of aromatic nitrogens is 2. The summed E-state index contributed by atoms with van der Waals surface area (Å²) in [6.07, 6.45) is 2.33. The first-order chi connectivity index (χ1) is 7.07. The maximum atomic E-state index is 11.2. The van der Waals surface area contributed by atoms with Gasteiger partial charge in [0.1, 0.15) is 5.82 Å². The quantitative estimate of drug-likeness (QED) is 0.669. The number of nitrogens with zero attached hydrogens (tertiary/aromatic N) is 1. The van der Waals surface area contributed by atoms with Crippen LogP contribution in [0.4, 0.5) is 11.5 Å². The summed E-state index contributed by atoms with van der Waals surface area (Å²) in [6, 6.07) is 0. The largest absolute Gasteiger partial charge is 0.382 e. The lowest BCUT2D eigenvalue weighted by atomic mass is 10.1. The smallest absolute Gasteiger partial charge is 0.150 e. The topological polar surface area (TPSA) is 101 Å². The Morgan fingerprint density at radius 2 is 2.47 bits per heavy atom. The Kier molecular flexibility index (Phi) is 2.56. The van der Waals surface area contributed by atoms with Crippen LogP contribution in [0.25, 0.3) is 0 Å². The summed E-state index contributed by atoms with van der Waals surface area (Å²) >= 11 is 0. The van der Waals surface area contributed by atoms with Crippen LogP contribution in [-0.4, -0.2) is 36.7 Å². The Balaban J connectivity index is 1.88. The van der Waals surface area contributed by atoms with Crippen molar-refractivity contribution in [3.05, 3.63) is 6.20 Å². The molecule has 15 heavy (non-hydrogen) atoms. The molecule has 6 nitrogen and oxygen atoms in total. The van der Waals surface area contributed by atoms with Gasteiger partial charge in [-0.05, 0) is 12.3 Å². The predicted molar refractivity (Wildman–Crippen MR) is 58.3 cm³/mol. The normalized spacial score (nSPS) is 24.1. The highest BCUT2D eigenvalue weighted by Gasteiger charge is 2.27. The minimum atomic E-state index is -2.79. The lowest BCUT2D eigenvalue weighted by Crippen LogP contribution is -2.15. The van der Waals surface area contributed by atoms with E-state index in [2.05, 4.69) is 15.5 Å². The molecule has 1 aromatic rings. The molecule has 0 amide bonds. The molecule has 0 saturated carbocycles. The van der Waals surface area contributed by atoms with E-state index in [0.717, 1.165) is 12.1 Å². The van der Waals surface area contributed by atoms with Crippen LogP contribution in [0.1, 0.15) is 6.42 Å². The zero-order valence-corrected chi connectivity index (χ0v) is 9.05. The van der Waals surface area contributed by atoms with Crippen molar-refractivity contribution in [1.29, 1.82) is 0 Å². The molecule has 1 saturated heterocycles. The fraction of sp³-hybridized carbons (Fsp3) is 0.625. The zero-order chi connectivity index (χ0) is 10.9. The highest BCUT2D eigenvalue weighted by molar-refractivity contribution is 7.91. The SMILES string of the molecule is Nc1[nH]ncc1NCC1CCS(=O)(=O)C1. The Morgan fingerprint density at radius 3 is 3.00 bits per heavy atom. The summed E-state index contributed by atoms with van der Waals surface area (Å²) in [6.45, 7) is 0.628. The van der Waals surface area contributed by atoms with Gasteiger partial charge in [0.2, 0.25) is 0 Å². The molecule has 2 rings (SSSR count). The number of nitrogen functional groups attached to an aromatic ring is 1. The van der Waals surface area contributed by atoms with Crippen molar-refractivity contribution >= 4 is 21.3 Å². The molecule has 0 aromatic carbocycles. The van der Waals surface area contributed by atoms with E-state index in [-0.39, 0.29) is 11.7 Å². The zero-order valence-electron chi connectivity index (χ0n) is 8.23. The summed E-state index contributed by atoms with van der Waals surface area (Å²) < 4.78 is 22.4.